The van der Waals surface area contributed by atoms with E-state index in [9.17, 15) is 0 Å². The molecule has 0 bridgehead atoms. The van der Waals surface area contributed by atoms with Gasteiger partial charge in [0, 0.05) is 25.1 Å². The van der Waals surface area contributed by atoms with Gasteiger partial charge < -0.3 is 15.4 Å². The summed E-state index contributed by atoms with van der Waals surface area (Å²) < 4.78 is 7.66. The molecule has 0 radical (unpaired) electrons. The summed E-state index contributed by atoms with van der Waals surface area (Å²) in [7, 11) is 0. The number of rotatable bonds is 9. The molecule has 0 aliphatic carbocycles. The number of imidazole rings is 1. The van der Waals surface area contributed by atoms with Crippen LogP contribution >= 0.6 is 24.0 Å². The third-order valence-corrected chi connectivity index (χ3v) is 4.66. The molecule has 1 unspecified atom stereocenters. The maximum Gasteiger partial charge on any atom is 0.192 e. The summed E-state index contributed by atoms with van der Waals surface area (Å²) in [6.45, 7) is 10.5. The number of pyridine rings is 1. The van der Waals surface area contributed by atoms with Crippen LogP contribution in [0.4, 0.5) is 0 Å². The van der Waals surface area contributed by atoms with Crippen LogP contribution in [0.5, 0.6) is 5.75 Å². The first-order valence-corrected chi connectivity index (χ1v) is 10.8. The molecule has 1 aromatic carbocycles. The van der Waals surface area contributed by atoms with E-state index < -0.39 is 0 Å². The van der Waals surface area contributed by atoms with Gasteiger partial charge in [0.15, 0.2) is 5.96 Å². The van der Waals surface area contributed by atoms with Crippen molar-refractivity contribution in [2.45, 2.75) is 40.3 Å². The Bertz CT molecular complexity index is 957. The molecule has 2 N–H and O–H groups in total. The number of ether oxygens (including phenoxy) is 1. The molecule has 172 valence electrons. The van der Waals surface area contributed by atoms with Gasteiger partial charge in [-0.05, 0) is 55.2 Å². The van der Waals surface area contributed by atoms with E-state index in [0.717, 1.165) is 36.2 Å². The molecule has 7 nitrogen and oxygen atoms in total. The molecule has 0 aliphatic rings. The van der Waals surface area contributed by atoms with Crippen LogP contribution in [0.25, 0.3) is 5.82 Å². The van der Waals surface area contributed by atoms with E-state index in [2.05, 4.69) is 60.4 Å². The summed E-state index contributed by atoms with van der Waals surface area (Å²) in [6.07, 6.45) is 7.15. The minimum Gasteiger partial charge on any atom is -0.493 e. The summed E-state index contributed by atoms with van der Waals surface area (Å²) in [5.41, 5.74) is 2.25. The van der Waals surface area contributed by atoms with Crippen molar-refractivity contribution in [3.63, 3.8) is 0 Å². The number of benzene rings is 1. The predicted octanol–water partition coefficient (Wildman–Crippen LogP) is 4.74. The highest BCUT2D eigenvalue weighted by Crippen LogP contribution is 2.18. The Hall–Kier alpha value is -2.62. The topological polar surface area (TPSA) is 76.4 Å². The van der Waals surface area contributed by atoms with E-state index in [0.29, 0.717) is 12.5 Å². The van der Waals surface area contributed by atoms with Gasteiger partial charge in [0.05, 0.1) is 19.2 Å². The second kappa shape index (κ2) is 13.0. The maximum atomic E-state index is 5.78. The first kappa shape index (κ1) is 25.6. The van der Waals surface area contributed by atoms with Crippen molar-refractivity contribution in [2.24, 2.45) is 10.9 Å². The molecule has 0 spiro atoms. The fraction of sp³-hybridized carbons (Fsp3) is 0.375. The molecule has 32 heavy (non-hydrogen) atoms. The molecule has 0 aliphatic heterocycles. The quantitative estimate of drug-likeness (QED) is 0.230. The molecule has 0 fully saturated rings. The second-order valence-electron chi connectivity index (χ2n) is 7.83. The van der Waals surface area contributed by atoms with E-state index in [1.807, 2.05) is 35.0 Å². The third-order valence-electron chi connectivity index (χ3n) is 4.66. The summed E-state index contributed by atoms with van der Waals surface area (Å²) in [4.78, 5) is 13.2. The molecule has 3 aromatic rings. The van der Waals surface area contributed by atoms with Crippen molar-refractivity contribution in [3.05, 3.63) is 72.4 Å². The minimum absolute atomic E-state index is 0. The average molecular weight is 548 g/mol. The van der Waals surface area contributed by atoms with Gasteiger partial charge >= 0.3 is 0 Å². The SMILES string of the molecule is CCNC(=NCc1ccnc(-n2ccnc2)c1)NC(C)c1ccc(OCC(C)C)cc1.I. The molecule has 1 atom stereocenters. The third kappa shape index (κ3) is 7.81. The summed E-state index contributed by atoms with van der Waals surface area (Å²) in [5, 5.41) is 6.81. The number of hydrogen-bond acceptors (Lipinski definition) is 4. The molecule has 0 saturated heterocycles. The van der Waals surface area contributed by atoms with Crippen molar-refractivity contribution < 1.29 is 4.74 Å². The van der Waals surface area contributed by atoms with Crippen molar-refractivity contribution in [1.29, 1.82) is 0 Å². The van der Waals surface area contributed by atoms with Crippen LogP contribution in [-0.2, 0) is 6.54 Å². The van der Waals surface area contributed by atoms with Crippen LogP contribution in [0.3, 0.4) is 0 Å². The number of guanidine groups is 1. The number of aliphatic imine (C=N–C) groups is 1. The van der Waals surface area contributed by atoms with Gasteiger partial charge in [0.25, 0.3) is 0 Å². The van der Waals surface area contributed by atoms with Gasteiger partial charge in [-0.1, -0.05) is 26.0 Å². The van der Waals surface area contributed by atoms with Gasteiger partial charge in [-0.15, -0.1) is 24.0 Å². The minimum atomic E-state index is 0. The van der Waals surface area contributed by atoms with Crippen LogP contribution in [0.2, 0.25) is 0 Å². The molecular formula is C24H33IN6O. The van der Waals surface area contributed by atoms with Gasteiger partial charge in [-0.25, -0.2) is 15.0 Å². The van der Waals surface area contributed by atoms with Crippen molar-refractivity contribution >= 4 is 29.9 Å². The molecule has 2 heterocycles. The van der Waals surface area contributed by atoms with Gasteiger partial charge in [-0.3, -0.25) is 4.57 Å². The monoisotopic (exact) mass is 548 g/mol. The van der Waals surface area contributed by atoms with Gasteiger partial charge in [-0.2, -0.15) is 0 Å². The lowest BCUT2D eigenvalue weighted by Gasteiger charge is -2.19. The van der Waals surface area contributed by atoms with Crippen molar-refractivity contribution in [2.75, 3.05) is 13.2 Å². The molecule has 0 saturated carbocycles. The molecule has 8 heteroatoms. The van der Waals surface area contributed by atoms with Crippen molar-refractivity contribution in [3.8, 4) is 11.6 Å². The van der Waals surface area contributed by atoms with Gasteiger partial charge in [0.2, 0.25) is 0 Å². The van der Waals surface area contributed by atoms with E-state index in [1.54, 1.807) is 18.7 Å². The fourth-order valence-electron chi connectivity index (χ4n) is 2.99. The number of nitrogens with one attached hydrogen (secondary N) is 2. The smallest absolute Gasteiger partial charge is 0.192 e. The first-order valence-electron chi connectivity index (χ1n) is 10.8. The normalized spacial score (nSPS) is 12.2. The van der Waals surface area contributed by atoms with E-state index in [4.69, 9.17) is 9.73 Å². The summed E-state index contributed by atoms with van der Waals surface area (Å²) in [6, 6.07) is 12.3. The Balaban J connectivity index is 0.00000363. The summed E-state index contributed by atoms with van der Waals surface area (Å²) in [5.74, 6) is 3.01. The standard InChI is InChI=1S/C24H32N6O.HI/c1-5-26-24(28-15-20-10-11-27-23(14-20)30-13-12-25-17-30)29-19(4)21-6-8-22(9-7-21)31-16-18(2)3;/h6-14,17-19H,5,15-16H2,1-4H3,(H2,26,28,29);1H. The average Bonchev–Trinajstić information content (AvgIpc) is 3.32. The second-order valence-corrected chi connectivity index (χ2v) is 7.83. The van der Waals surface area contributed by atoms with Crippen LogP contribution in [-0.4, -0.2) is 33.6 Å². The zero-order valence-electron chi connectivity index (χ0n) is 19.2. The number of hydrogen-bond donors (Lipinski definition) is 2. The van der Waals surface area contributed by atoms with Gasteiger partial charge in [0.1, 0.15) is 17.9 Å². The summed E-state index contributed by atoms with van der Waals surface area (Å²) >= 11 is 0. The highest BCUT2D eigenvalue weighted by Gasteiger charge is 2.09. The Morgan fingerprint density at radius 1 is 1.12 bits per heavy atom. The lowest BCUT2D eigenvalue weighted by molar-refractivity contribution is 0.271. The largest absolute Gasteiger partial charge is 0.493 e. The van der Waals surface area contributed by atoms with E-state index >= 15 is 0 Å². The Kier molecular flexibility index (Phi) is 10.5. The Labute approximate surface area is 207 Å². The van der Waals surface area contributed by atoms with E-state index in [-0.39, 0.29) is 30.0 Å². The lowest BCUT2D eigenvalue weighted by atomic mass is 10.1. The lowest BCUT2D eigenvalue weighted by Crippen LogP contribution is -2.38. The molecular weight excluding hydrogens is 515 g/mol. The zero-order chi connectivity index (χ0) is 22.1. The molecule has 0 amide bonds. The highest BCUT2D eigenvalue weighted by atomic mass is 127. The first-order chi connectivity index (χ1) is 15.0. The van der Waals surface area contributed by atoms with Crippen LogP contribution in [0.15, 0.2) is 66.3 Å². The van der Waals surface area contributed by atoms with Crippen LogP contribution in [0.1, 0.15) is 44.9 Å². The Morgan fingerprint density at radius 3 is 2.56 bits per heavy atom. The number of halogens is 1. The van der Waals surface area contributed by atoms with Crippen molar-refractivity contribution in [1.82, 2.24) is 25.2 Å². The zero-order valence-corrected chi connectivity index (χ0v) is 21.5. The fourth-order valence-corrected chi connectivity index (χ4v) is 2.99. The molecule has 2 aromatic heterocycles. The Morgan fingerprint density at radius 2 is 1.91 bits per heavy atom. The van der Waals surface area contributed by atoms with E-state index in [1.165, 1.54) is 5.56 Å². The number of nitrogens with zero attached hydrogens (tertiary/aromatic N) is 4. The van der Waals surface area contributed by atoms with Crippen LogP contribution in [0, 0.1) is 5.92 Å². The van der Waals surface area contributed by atoms with Crippen LogP contribution < -0.4 is 15.4 Å². The number of aromatic nitrogens is 3. The molecule has 3 rings (SSSR count). The predicted molar refractivity (Wildman–Crippen MR) is 140 cm³/mol. The highest BCUT2D eigenvalue weighted by molar-refractivity contribution is 14.0. The maximum absolute atomic E-state index is 5.78.